The van der Waals surface area contributed by atoms with Gasteiger partial charge in [0.05, 0.1) is 0 Å². The van der Waals surface area contributed by atoms with E-state index < -0.39 is 0 Å². The van der Waals surface area contributed by atoms with Crippen molar-refractivity contribution in [3.63, 3.8) is 0 Å². The molecule has 1 unspecified atom stereocenters. The molecule has 1 aromatic carbocycles. The standard InChI is InChI=1S/C13H16Cl2N2/c1-2-3-4-8-17-12(9-16)13-10(14)6-5-7-11(13)15/h5-7,12,17H,4,8-9,16H2,1H3. The third kappa shape index (κ3) is 4.22. The highest BCUT2D eigenvalue weighted by atomic mass is 35.5. The van der Waals surface area contributed by atoms with Crippen LogP contribution in [0.15, 0.2) is 18.2 Å². The molecule has 0 aliphatic heterocycles. The van der Waals surface area contributed by atoms with E-state index in [0.717, 1.165) is 18.5 Å². The smallest absolute Gasteiger partial charge is 0.0474 e. The lowest BCUT2D eigenvalue weighted by molar-refractivity contribution is 0.551. The molecular formula is C13H16Cl2N2. The van der Waals surface area contributed by atoms with Crippen LogP contribution in [0.1, 0.15) is 24.9 Å². The molecule has 1 aromatic rings. The molecule has 0 heterocycles. The van der Waals surface area contributed by atoms with Gasteiger partial charge in [0.1, 0.15) is 0 Å². The normalized spacial score (nSPS) is 11.8. The predicted octanol–water partition coefficient (Wildman–Crippen LogP) is 3.00. The molecule has 0 amide bonds. The van der Waals surface area contributed by atoms with Crippen molar-refractivity contribution in [3.05, 3.63) is 33.8 Å². The van der Waals surface area contributed by atoms with E-state index in [2.05, 4.69) is 17.2 Å². The van der Waals surface area contributed by atoms with Crippen molar-refractivity contribution in [2.45, 2.75) is 19.4 Å². The lowest BCUT2D eigenvalue weighted by atomic mass is 10.1. The minimum absolute atomic E-state index is 0.0325. The summed E-state index contributed by atoms with van der Waals surface area (Å²) in [7, 11) is 0. The van der Waals surface area contributed by atoms with Gasteiger partial charge in [-0.2, -0.15) is 0 Å². The van der Waals surface area contributed by atoms with E-state index in [4.69, 9.17) is 28.9 Å². The number of nitrogens with two attached hydrogens (primary N) is 1. The molecule has 0 radical (unpaired) electrons. The van der Waals surface area contributed by atoms with Crippen LogP contribution in [-0.2, 0) is 0 Å². The van der Waals surface area contributed by atoms with Gasteiger partial charge in [-0.25, -0.2) is 0 Å². The third-order valence-corrected chi connectivity index (χ3v) is 3.06. The second-order valence-corrected chi connectivity index (χ2v) is 4.37. The summed E-state index contributed by atoms with van der Waals surface area (Å²) in [6, 6.07) is 5.43. The minimum atomic E-state index is -0.0325. The lowest BCUT2D eigenvalue weighted by Crippen LogP contribution is -2.29. The number of hydrogen-bond donors (Lipinski definition) is 2. The molecule has 0 saturated heterocycles. The third-order valence-electron chi connectivity index (χ3n) is 2.40. The van der Waals surface area contributed by atoms with Crippen molar-refractivity contribution in [1.82, 2.24) is 5.32 Å². The largest absolute Gasteiger partial charge is 0.329 e. The van der Waals surface area contributed by atoms with Crippen LogP contribution in [0.25, 0.3) is 0 Å². The monoisotopic (exact) mass is 270 g/mol. The number of benzene rings is 1. The quantitative estimate of drug-likeness (QED) is 0.638. The van der Waals surface area contributed by atoms with E-state index in [1.54, 1.807) is 0 Å². The second-order valence-electron chi connectivity index (χ2n) is 3.55. The van der Waals surface area contributed by atoms with Crippen LogP contribution in [0.3, 0.4) is 0 Å². The molecule has 0 bridgehead atoms. The fraction of sp³-hybridized carbons (Fsp3) is 0.385. The summed E-state index contributed by atoms with van der Waals surface area (Å²) in [5.74, 6) is 5.84. The first-order chi connectivity index (χ1) is 8.20. The maximum Gasteiger partial charge on any atom is 0.0474 e. The molecular weight excluding hydrogens is 255 g/mol. The van der Waals surface area contributed by atoms with Crippen LogP contribution in [0, 0.1) is 11.8 Å². The van der Waals surface area contributed by atoms with Crippen molar-refractivity contribution in [2.24, 2.45) is 5.73 Å². The fourth-order valence-electron chi connectivity index (χ4n) is 1.58. The van der Waals surface area contributed by atoms with Crippen LogP contribution in [0.4, 0.5) is 0 Å². The van der Waals surface area contributed by atoms with Crippen LogP contribution in [-0.4, -0.2) is 13.1 Å². The van der Waals surface area contributed by atoms with Crippen molar-refractivity contribution in [3.8, 4) is 11.8 Å². The summed E-state index contributed by atoms with van der Waals surface area (Å²) in [6.07, 6.45) is 0.787. The highest BCUT2D eigenvalue weighted by Crippen LogP contribution is 2.29. The Morgan fingerprint density at radius 2 is 2.00 bits per heavy atom. The first kappa shape index (κ1) is 14.3. The molecule has 2 nitrogen and oxygen atoms in total. The molecule has 0 aliphatic carbocycles. The second kappa shape index (κ2) is 7.58. The van der Waals surface area contributed by atoms with E-state index in [0.29, 0.717) is 16.6 Å². The Morgan fingerprint density at radius 1 is 1.35 bits per heavy atom. The SMILES string of the molecule is CC#CCCNC(CN)c1c(Cl)cccc1Cl. The van der Waals surface area contributed by atoms with Gasteiger partial charge in [-0.15, -0.1) is 11.8 Å². The average molecular weight is 271 g/mol. The topological polar surface area (TPSA) is 38.0 Å². The predicted molar refractivity (Wildman–Crippen MR) is 74.3 cm³/mol. The van der Waals surface area contributed by atoms with Crippen molar-refractivity contribution in [1.29, 1.82) is 0 Å². The Hall–Kier alpha value is -0.720. The fourth-order valence-corrected chi connectivity index (χ4v) is 2.24. The summed E-state index contributed by atoms with van der Waals surface area (Å²) in [5, 5.41) is 4.59. The molecule has 0 aliphatic rings. The van der Waals surface area contributed by atoms with Gasteiger partial charge in [0.25, 0.3) is 0 Å². The molecule has 17 heavy (non-hydrogen) atoms. The zero-order chi connectivity index (χ0) is 12.7. The Kier molecular flexibility index (Phi) is 6.39. The maximum absolute atomic E-state index is 6.14. The zero-order valence-electron chi connectivity index (χ0n) is 9.76. The van der Waals surface area contributed by atoms with Gasteiger partial charge in [-0.05, 0) is 19.1 Å². The van der Waals surface area contributed by atoms with E-state index in [-0.39, 0.29) is 6.04 Å². The summed E-state index contributed by atoms with van der Waals surface area (Å²) in [5.41, 5.74) is 6.61. The van der Waals surface area contributed by atoms with Crippen LogP contribution in [0.2, 0.25) is 10.0 Å². The molecule has 4 heteroatoms. The van der Waals surface area contributed by atoms with Crippen LogP contribution in [0.5, 0.6) is 0 Å². The van der Waals surface area contributed by atoms with Gasteiger partial charge >= 0.3 is 0 Å². The first-order valence-electron chi connectivity index (χ1n) is 5.47. The maximum atomic E-state index is 6.14. The van der Waals surface area contributed by atoms with Gasteiger partial charge in [0, 0.05) is 41.2 Å². The summed E-state index contributed by atoms with van der Waals surface area (Å²) < 4.78 is 0. The molecule has 1 rings (SSSR count). The Morgan fingerprint density at radius 3 is 2.53 bits per heavy atom. The highest BCUT2D eigenvalue weighted by Gasteiger charge is 2.15. The van der Waals surface area contributed by atoms with E-state index >= 15 is 0 Å². The molecule has 3 N–H and O–H groups in total. The van der Waals surface area contributed by atoms with Gasteiger partial charge in [-0.3, -0.25) is 0 Å². The van der Waals surface area contributed by atoms with Crippen LogP contribution < -0.4 is 11.1 Å². The number of rotatable bonds is 5. The zero-order valence-corrected chi connectivity index (χ0v) is 11.3. The van der Waals surface area contributed by atoms with Crippen molar-refractivity contribution >= 4 is 23.2 Å². The summed E-state index contributed by atoms with van der Waals surface area (Å²) in [6.45, 7) is 3.04. The molecule has 0 fully saturated rings. The Bertz CT molecular complexity index is 401. The minimum Gasteiger partial charge on any atom is -0.329 e. The van der Waals surface area contributed by atoms with Gasteiger partial charge in [-0.1, -0.05) is 29.3 Å². The average Bonchev–Trinajstić information content (AvgIpc) is 2.31. The van der Waals surface area contributed by atoms with Crippen molar-refractivity contribution < 1.29 is 0 Å². The van der Waals surface area contributed by atoms with Gasteiger partial charge in [0.15, 0.2) is 0 Å². The molecule has 0 spiro atoms. The first-order valence-corrected chi connectivity index (χ1v) is 6.23. The Balaban J connectivity index is 2.74. The number of nitrogens with one attached hydrogen (secondary N) is 1. The number of halogens is 2. The van der Waals surface area contributed by atoms with Gasteiger partial charge in [0.2, 0.25) is 0 Å². The van der Waals surface area contributed by atoms with Crippen molar-refractivity contribution in [2.75, 3.05) is 13.1 Å². The summed E-state index contributed by atoms with van der Waals surface area (Å²) >= 11 is 12.3. The molecule has 0 aromatic heterocycles. The molecule has 1 atom stereocenters. The highest BCUT2D eigenvalue weighted by molar-refractivity contribution is 6.36. The number of hydrogen-bond acceptors (Lipinski definition) is 2. The Labute approximate surface area is 112 Å². The molecule has 0 saturated carbocycles. The van der Waals surface area contributed by atoms with E-state index in [1.165, 1.54) is 0 Å². The lowest BCUT2D eigenvalue weighted by Gasteiger charge is -2.19. The summed E-state index contributed by atoms with van der Waals surface area (Å²) in [4.78, 5) is 0. The van der Waals surface area contributed by atoms with E-state index in [9.17, 15) is 0 Å². The van der Waals surface area contributed by atoms with Gasteiger partial charge < -0.3 is 11.1 Å². The molecule has 92 valence electrons. The van der Waals surface area contributed by atoms with Crippen LogP contribution >= 0.6 is 23.2 Å². The van der Waals surface area contributed by atoms with E-state index in [1.807, 2.05) is 25.1 Å².